The number of esters is 1. The van der Waals surface area contributed by atoms with Crippen LogP contribution in [0.15, 0.2) is 176 Å². The minimum atomic E-state index is -0.541. The van der Waals surface area contributed by atoms with Gasteiger partial charge in [0.15, 0.2) is 0 Å². The third kappa shape index (κ3) is 10.1. The number of methoxy groups -OCH3 is 1. The first kappa shape index (κ1) is 37.3. The van der Waals surface area contributed by atoms with E-state index in [-0.39, 0.29) is 24.1 Å². The predicted octanol–water partition coefficient (Wildman–Crippen LogP) is 10.6. The quantitative estimate of drug-likeness (QED) is 0.0885. The maximum Gasteiger partial charge on any atom is 0.311 e. The molecule has 0 heterocycles. The largest absolute Gasteiger partial charge is 0.489 e. The first-order chi connectivity index (χ1) is 26.0. The monoisotopic (exact) mass is 702 g/mol. The number of carbonyl (C=O) groups excluding carboxylic acids is 1. The van der Waals surface area contributed by atoms with Crippen LogP contribution in [0, 0.1) is 5.92 Å². The maximum absolute atomic E-state index is 14.4. The fourth-order valence-corrected chi connectivity index (χ4v) is 7.18. The molecule has 0 aliphatic carbocycles. The Bertz CT molecular complexity index is 1940. The molecule has 0 N–H and O–H groups in total. The van der Waals surface area contributed by atoms with Crippen molar-refractivity contribution in [2.45, 2.75) is 51.7 Å². The molecule has 4 atom stereocenters. The summed E-state index contributed by atoms with van der Waals surface area (Å²) < 4.78 is 12.0. The summed E-state index contributed by atoms with van der Waals surface area (Å²) in [6.07, 6.45) is 0. The Kier molecular flexibility index (Phi) is 13.2. The zero-order valence-corrected chi connectivity index (χ0v) is 31.0. The lowest BCUT2D eigenvalue weighted by atomic mass is 9.87. The first-order valence-corrected chi connectivity index (χ1v) is 18.5. The summed E-state index contributed by atoms with van der Waals surface area (Å²) in [4.78, 5) is 19.3. The Balaban J connectivity index is 1.44. The van der Waals surface area contributed by atoms with Crippen molar-refractivity contribution >= 4 is 5.97 Å². The zero-order chi connectivity index (χ0) is 36.8. The van der Waals surface area contributed by atoms with Crippen molar-refractivity contribution < 1.29 is 14.3 Å². The summed E-state index contributed by atoms with van der Waals surface area (Å²) in [7, 11) is 1.51. The van der Waals surface area contributed by atoms with Gasteiger partial charge in [-0.2, -0.15) is 0 Å². The number of nitrogens with zero attached hydrogens (tertiary/aromatic N) is 2. The summed E-state index contributed by atoms with van der Waals surface area (Å²) in [5.74, 6) is -0.00280. The number of ether oxygens (including phenoxy) is 2. The summed E-state index contributed by atoms with van der Waals surface area (Å²) in [6.45, 7) is 6.73. The van der Waals surface area contributed by atoms with Crippen LogP contribution in [0.3, 0.4) is 0 Å². The lowest BCUT2D eigenvalue weighted by molar-refractivity contribution is -0.150. The predicted molar refractivity (Wildman–Crippen MR) is 214 cm³/mol. The van der Waals surface area contributed by atoms with E-state index in [4.69, 9.17) is 9.47 Å². The zero-order valence-electron chi connectivity index (χ0n) is 31.0. The Morgan fingerprint density at radius 3 is 1.49 bits per heavy atom. The van der Waals surface area contributed by atoms with Crippen molar-refractivity contribution in [3.8, 4) is 5.75 Å². The number of hydrogen-bond donors (Lipinski definition) is 0. The van der Waals surface area contributed by atoms with Crippen molar-refractivity contribution in [2.75, 3.05) is 13.7 Å². The molecule has 0 radical (unpaired) electrons. The SMILES string of the molecule is COC(=O)[C@@H](CN(Cc1ccccc1)[C@H](C)c1ccccc1)[C@@H](c1ccc(OCc2ccccc2)cc1)N(Cc1ccccc1)[C@H](C)c1ccccc1. The van der Waals surface area contributed by atoms with Gasteiger partial charge in [-0.1, -0.05) is 164 Å². The van der Waals surface area contributed by atoms with Crippen LogP contribution >= 0.6 is 0 Å². The lowest BCUT2D eigenvalue weighted by Gasteiger charge is -2.42. The van der Waals surface area contributed by atoms with Crippen LogP contribution in [-0.2, 0) is 29.2 Å². The Labute approximate surface area is 315 Å². The number of benzene rings is 6. The molecule has 0 fully saturated rings. The van der Waals surface area contributed by atoms with Crippen LogP contribution < -0.4 is 4.74 Å². The van der Waals surface area contributed by atoms with E-state index < -0.39 is 5.92 Å². The van der Waals surface area contributed by atoms with Gasteiger partial charge in [-0.3, -0.25) is 14.6 Å². The molecule has 53 heavy (non-hydrogen) atoms. The summed E-state index contributed by atoms with van der Waals surface area (Å²) >= 11 is 0. The van der Waals surface area contributed by atoms with Gasteiger partial charge in [-0.15, -0.1) is 0 Å². The molecule has 0 unspecified atom stereocenters. The van der Waals surface area contributed by atoms with E-state index in [2.05, 4.69) is 145 Å². The Morgan fingerprint density at radius 2 is 0.981 bits per heavy atom. The fraction of sp³-hybridized carbons (Fsp3) is 0.229. The van der Waals surface area contributed by atoms with E-state index in [1.807, 2.05) is 54.6 Å². The van der Waals surface area contributed by atoms with Crippen molar-refractivity contribution in [2.24, 2.45) is 5.92 Å². The summed E-state index contributed by atoms with van der Waals surface area (Å²) in [5.41, 5.74) is 6.87. The molecule has 0 aliphatic heterocycles. The first-order valence-electron chi connectivity index (χ1n) is 18.5. The molecule has 0 spiro atoms. The molecule has 0 amide bonds. The van der Waals surface area contributed by atoms with Crippen LogP contribution in [0.5, 0.6) is 5.75 Å². The lowest BCUT2D eigenvalue weighted by Crippen LogP contribution is -2.44. The molecule has 0 bridgehead atoms. The molecular formula is C48H50N2O3. The van der Waals surface area contributed by atoms with E-state index in [1.165, 1.54) is 29.4 Å². The van der Waals surface area contributed by atoms with Crippen LogP contribution in [0.25, 0.3) is 0 Å². The molecule has 0 aromatic heterocycles. The molecule has 6 aromatic carbocycles. The van der Waals surface area contributed by atoms with Crippen LogP contribution in [-0.4, -0.2) is 29.4 Å². The van der Waals surface area contributed by atoms with Gasteiger partial charge in [0.1, 0.15) is 12.4 Å². The van der Waals surface area contributed by atoms with Crippen molar-refractivity contribution in [3.63, 3.8) is 0 Å². The second-order valence-corrected chi connectivity index (χ2v) is 13.7. The van der Waals surface area contributed by atoms with Crippen LogP contribution in [0.2, 0.25) is 0 Å². The minimum Gasteiger partial charge on any atom is -0.489 e. The molecule has 6 aromatic rings. The molecular weight excluding hydrogens is 653 g/mol. The van der Waals surface area contributed by atoms with Crippen LogP contribution in [0.1, 0.15) is 65.4 Å². The van der Waals surface area contributed by atoms with E-state index in [1.54, 1.807) is 0 Å². The van der Waals surface area contributed by atoms with Crippen molar-refractivity contribution in [3.05, 3.63) is 209 Å². The van der Waals surface area contributed by atoms with Gasteiger partial charge < -0.3 is 9.47 Å². The highest BCUT2D eigenvalue weighted by Crippen LogP contribution is 2.40. The van der Waals surface area contributed by atoms with Gasteiger partial charge in [-0.25, -0.2) is 0 Å². The van der Waals surface area contributed by atoms with Crippen molar-refractivity contribution in [1.29, 1.82) is 0 Å². The third-order valence-corrected chi connectivity index (χ3v) is 10.2. The molecule has 5 heteroatoms. The Hall–Kier alpha value is -5.49. The van der Waals surface area contributed by atoms with Crippen molar-refractivity contribution in [1.82, 2.24) is 9.80 Å². The topological polar surface area (TPSA) is 42.0 Å². The molecule has 0 aliphatic rings. The Morgan fingerprint density at radius 1 is 0.528 bits per heavy atom. The second kappa shape index (κ2) is 18.8. The molecule has 5 nitrogen and oxygen atoms in total. The fourth-order valence-electron chi connectivity index (χ4n) is 7.18. The number of carbonyl (C=O) groups is 1. The van der Waals surface area contributed by atoms with Gasteiger partial charge in [0.25, 0.3) is 0 Å². The third-order valence-electron chi connectivity index (χ3n) is 10.2. The van der Waals surface area contributed by atoms with E-state index >= 15 is 0 Å². The average Bonchev–Trinajstić information content (AvgIpc) is 3.23. The highest BCUT2D eigenvalue weighted by atomic mass is 16.5. The second-order valence-electron chi connectivity index (χ2n) is 13.7. The smallest absolute Gasteiger partial charge is 0.311 e. The van der Waals surface area contributed by atoms with Gasteiger partial charge in [-0.05, 0) is 59.4 Å². The highest BCUT2D eigenvalue weighted by Gasteiger charge is 2.39. The minimum absolute atomic E-state index is 0.0308. The maximum atomic E-state index is 14.4. The molecule has 270 valence electrons. The van der Waals surface area contributed by atoms with E-state index in [0.29, 0.717) is 26.2 Å². The highest BCUT2D eigenvalue weighted by molar-refractivity contribution is 5.74. The standard InChI is InChI=1S/C48H50N2O3/c1-37(42-25-15-7-16-26-42)49(33-39-19-9-4-10-20-39)35-46(48(51)52-3)47(44-29-31-45(32-30-44)53-36-41-23-13-6-14-24-41)50(34-40-21-11-5-12-22-40)38(2)43-27-17-8-18-28-43/h4-32,37-38,46-47H,33-36H2,1-3H3/t37-,38-,46+,47-/m1/s1. The van der Waals surface area contributed by atoms with E-state index in [9.17, 15) is 4.79 Å². The summed E-state index contributed by atoms with van der Waals surface area (Å²) in [6, 6.07) is 60.3. The number of rotatable bonds is 17. The molecule has 6 rings (SSSR count). The van der Waals surface area contributed by atoms with Crippen LogP contribution in [0.4, 0.5) is 0 Å². The van der Waals surface area contributed by atoms with Gasteiger partial charge in [0.05, 0.1) is 19.1 Å². The van der Waals surface area contributed by atoms with Gasteiger partial charge in [0, 0.05) is 31.7 Å². The summed E-state index contributed by atoms with van der Waals surface area (Å²) in [5, 5.41) is 0. The van der Waals surface area contributed by atoms with E-state index in [0.717, 1.165) is 16.9 Å². The molecule has 0 saturated heterocycles. The number of hydrogen-bond acceptors (Lipinski definition) is 5. The average molecular weight is 703 g/mol. The van der Waals surface area contributed by atoms with Gasteiger partial charge >= 0.3 is 5.97 Å². The normalized spacial score (nSPS) is 13.6. The molecule has 0 saturated carbocycles. The van der Waals surface area contributed by atoms with Gasteiger partial charge in [0.2, 0.25) is 0 Å².